The lowest BCUT2D eigenvalue weighted by Crippen LogP contribution is -2.19. The van der Waals surface area contributed by atoms with Crippen LogP contribution in [0.5, 0.6) is 0 Å². The molecule has 0 N–H and O–H groups in total. The highest BCUT2D eigenvalue weighted by Gasteiger charge is 2.27. The number of ketones is 1. The van der Waals surface area contributed by atoms with Crippen LogP contribution in [0.2, 0.25) is 0 Å². The molecule has 3 atom stereocenters. The summed E-state index contributed by atoms with van der Waals surface area (Å²) in [6.07, 6.45) is 5.13. The quantitative estimate of drug-likeness (QED) is 0.394. The molecule has 1 aliphatic heterocycles. The Morgan fingerprint density at radius 2 is 2.17 bits per heavy atom. The molecule has 0 aromatic carbocycles. The Bertz CT molecular complexity index is 643. The van der Waals surface area contributed by atoms with Gasteiger partial charge in [-0.15, -0.1) is 0 Å². The van der Waals surface area contributed by atoms with E-state index in [0.717, 1.165) is 18.6 Å². The summed E-state index contributed by atoms with van der Waals surface area (Å²) < 4.78 is 24.5. The van der Waals surface area contributed by atoms with Gasteiger partial charge in [0, 0.05) is 12.6 Å². The smallest absolute Gasteiger partial charge is 0.246 e. The van der Waals surface area contributed by atoms with Crippen LogP contribution >= 0.6 is 18.6 Å². The highest BCUT2D eigenvalue weighted by molar-refractivity contribution is 8.49. The van der Waals surface area contributed by atoms with Crippen LogP contribution in [0.15, 0.2) is 11.3 Å². The molecule has 1 fully saturated rings. The number of carbonyl (C=O) groups excluding carboxylic acids is 1. The molecule has 2 unspecified atom stereocenters. The van der Waals surface area contributed by atoms with Crippen molar-refractivity contribution in [1.82, 2.24) is 9.55 Å². The van der Waals surface area contributed by atoms with Gasteiger partial charge in [0.15, 0.2) is 17.3 Å². The summed E-state index contributed by atoms with van der Waals surface area (Å²) in [5.74, 6) is 0.479. The molecule has 2 heterocycles. The zero-order valence-corrected chi connectivity index (χ0v) is 16.3. The van der Waals surface area contributed by atoms with Crippen LogP contribution in [-0.2, 0) is 20.4 Å². The first-order valence-electron chi connectivity index (χ1n) is 7.84. The molecule has 1 aromatic rings. The molecule has 0 bridgehead atoms. The SMILES string of the molecule is CS[PH](=O)OCC1CC[C@H](Cn2cnc(C(C)=O)c2N=C(C)C)O1. The van der Waals surface area contributed by atoms with Crippen molar-refractivity contribution in [1.29, 1.82) is 0 Å². The maximum absolute atomic E-state index is 11.7. The van der Waals surface area contributed by atoms with Crippen molar-refractivity contribution in [2.45, 2.75) is 52.4 Å². The predicted octanol–water partition coefficient (Wildman–Crippen LogP) is 3.51. The maximum Gasteiger partial charge on any atom is 0.246 e. The van der Waals surface area contributed by atoms with E-state index in [2.05, 4.69) is 9.98 Å². The number of hydrogen-bond donors (Lipinski definition) is 0. The third-order valence-electron chi connectivity index (χ3n) is 3.62. The third kappa shape index (κ3) is 5.28. The molecule has 7 nitrogen and oxygen atoms in total. The van der Waals surface area contributed by atoms with E-state index in [1.54, 1.807) is 12.6 Å². The minimum atomic E-state index is -2.00. The normalized spacial score (nSPS) is 21.7. The van der Waals surface area contributed by atoms with E-state index in [9.17, 15) is 9.36 Å². The lowest BCUT2D eigenvalue weighted by molar-refractivity contribution is 0.0131. The van der Waals surface area contributed by atoms with Crippen LogP contribution in [-0.4, -0.2) is 46.1 Å². The van der Waals surface area contributed by atoms with Gasteiger partial charge >= 0.3 is 0 Å². The van der Waals surface area contributed by atoms with Crippen molar-refractivity contribution >= 4 is 35.9 Å². The Hall–Kier alpha value is -0.950. The number of carbonyl (C=O) groups is 1. The molecule has 1 aromatic heterocycles. The van der Waals surface area contributed by atoms with Crippen molar-refractivity contribution in [3.05, 3.63) is 12.0 Å². The fourth-order valence-electron chi connectivity index (χ4n) is 2.56. The van der Waals surface area contributed by atoms with E-state index < -0.39 is 7.23 Å². The molecule has 1 aliphatic rings. The number of aliphatic imine (C=N–C) groups is 1. The summed E-state index contributed by atoms with van der Waals surface area (Å²) in [5, 5.41) is 0. The van der Waals surface area contributed by atoms with E-state index in [1.165, 1.54) is 18.3 Å². The van der Waals surface area contributed by atoms with Gasteiger partial charge in [-0.1, -0.05) is 11.4 Å². The van der Waals surface area contributed by atoms with Crippen LogP contribution < -0.4 is 0 Å². The number of rotatable bonds is 8. The highest BCUT2D eigenvalue weighted by atomic mass is 32.7. The molecule has 0 aliphatic carbocycles. The fraction of sp³-hybridized carbons (Fsp3) is 0.667. The number of nitrogens with zero attached hydrogens (tertiary/aromatic N) is 3. The van der Waals surface area contributed by atoms with E-state index in [-0.39, 0.29) is 18.0 Å². The summed E-state index contributed by atoms with van der Waals surface area (Å²) in [5.41, 5.74) is 1.24. The average molecular weight is 373 g/mol. The standard InChI is InChI=1S/C15H24N3O4PS/c1-10(2)17-15-14(11(3)19)16-9-18(15)7-12-5-6-13(22-12)8-21-23(20)24-4/h9,12-13,23H,5-8H2,1-4H3/t12-,13?/m1/s1. The van der Waals surface area contributed by atoms with Gasteiger partial charge in [-0.3, -0.25) is 9.36 Å². The van der Waals surface area contributed by atoms with Crippen LogP contribution in [0.3, 0.4) is 0 Å². The van der Waals surface area contributed by atoms with Gasteiger partial charge in [-0.05, 0) is 32.9 Å². The Morgan fingerprint density at radius 1 is 1.46 bits per heavy atom. The van der Waals surface area contributed by atoms with E-state index in [1.807, 2.05) is 18.4 Å². The van der Waals surface area contributed by atoms with Crippen LogP contribution in [0.4, 0.5) is 5.82 Å². The minimum absolute atomic E-state index is 0.00956. The minimum Gasteiger partial charge on any atom is -0.371 e. The van der Waals surface area contributed by atoms with Crippen molar-refractivity contribution in [2.24, 2.45) is 4.99 Å². The van der Waals surface area contributed by atoms with Crippen molar-refractivity contribution in [3.63, 3.8) is 0 Å². The first-order chi connectivity index (χ1) is 11.4. The molecule has 2 rings (SSSR count). The summed E-state index contributed by atoms with van der Waals surface area (Å²) in [6, 6.07) is 0. The van der Waals surface area contributed by atoms with E-state index in [0.29, 0.717) is 24.7 Å². The lowest BCUT2D eigenvalue weighted by atomic mass is 10.2. The molecule has 1 saturated heterocycles. The molecule has 0 spiro atoms. The Balaban J connectivity index is 2.01. The molecule has 134 valence electrons. The Morgan fingerprint density at radius 3 is 2.79 bits per heavy atom. The zero-order chi connectivity index (χ0) is 17.7. The van der Waals surface area contributed by atoms with E-state index >= 15 is 0 Å². The molecular formula is C15H24N3O4PS. The molecule has 0 saturated carbocycles. The van der Waals surface area contributed by atoms with Gasteiger partial charge < -0.3 is 13.8 Å². The number of aromatic nitrogens is 2. The molecule has 0 radical (unpaired) electrons. The Labute approximate surface area is 146 Å². The second-order valence-corrected chi connectivity index (χ2v) is 9.33. The topological polar surface area (TPSA) is 82.8 Å². The summed E-state index contributed by atoms with van der Waals surface area (Å²) in [7, 11) is -2.00. The van der Waals surface area contributed by atoms with Gasteiger partial charge in [0.2, 0.25) is 7.23 Å². The summed E-state index contributed by atoms with van der Waals surface area (Å²) in [4.78, 5) is 20.3. The molecule has 24 heavy (non-hydrogen) atoms. The maximum atomic E-state index is 11.7. The van der Waals surface area contributed by atoms with Crippen molar-refractivity contribution in [3.8, 4) is 0 Å². The van der Waals surface area contributed by atoms with Gasteiger partial charge in [-0.25, -0.2) is 9.98 Å². The fourth-order valence-corrected chi connectivity index (χ4v) is 3.56. The van der Waals surface area contributed by atoms with Crippen LogP contribution in [0.25, 0.3) is 0 Å². The monoisotopic (exact) mass is 373 g/mol. The van der Waals surface area contributed by atoms with Crippen LogP contribution in [0, 0.1) is 0 Å². The van der Waals surface area contributed by atoms with Crippen molar-refractivity contribution < 1.29 is 18.6 Å². The molecule has 0 amide bonds. The van der Waals surface area contributed by atoms with Gasteiger partial charge in [0.05, 0.1) is 31.7 Å². The van der Waals surface area contributed by atoms with Gasteiger partial charge in [0.25, 0.3) is 0 Å². The predicted molar refractivity (Wildman–Crippen MR) is 97.0 cm³/mol. The molecule has 9 heteroatoms. The zero-order valence-electron chi connectivity index (χ0n) is 14.4. The second kappa shape index (κ2) is 8.94. The van der Waals surface area contributed by atoms with Gasteiger partial charge in [-0.2, -0.15) is 0 Å². The van der Waals surface area contributed by atoms with E-state index in [4.69, 9.17) is 9.26 Å². The second-order valence-electron chi connectivity index (χ2n) is 5.91. The first kappa shape index (κ1) is 19.4. The lowest BCUT2D eigenvalue weighted by Gasteiger charge is -2.15. The van der Waals surface area contributed by atoms with Gasteiger partial charge in [0.1, 0.15) is 0 Å². The van der Waals surface area contributed by atoms with Crippen LogP contribution in [0.1, 0.15) is 44.1 Å². The van der Waals surface area contributed by atoms with Crippen molar-refractivity contribution in [2.75, 3.05) is 12.9 Å². The number of hydrogen-bond acceptors (Lipinski definition) is 7. The summed E-state index contributed by atoms with van der Waals surface area (Å²) >= 11 is 1.23. The Kier molecular flexibility index (Phi) is 7.22. The largest absolute Gasteiger partial charge is 0.371 e. The number of imidazole rings is 1. The molecular weight excluding hydrogens is 349 g/mol. The average Bonchev–Trinajstić information content (AvgIpc) is 3.12. The number of Topliss-reactive ketones (excluding diaryl/α,β-unsaturated/α-hetero) is 1. The highest BCUT2D eigenvalue weighted by Crippen LogP contribution is 2.37. The number of ether oxygens (including phenoxy) is 1. The third-order valence-corrected chi connectivity index (χ3v) is 5.71. The first-order valence-corrected chi connectivity index (χ1v) is 11.1. The summed E-state index contributed by atoms with van der Waals surface area (Å²) in [6.45, 7) is 6.20.